The third kappa shape index (κ3) is 9.22. The smallest absolute Gasteiger partial charge is 0.0969 e. The molecule has 0 atom stereocenters. The molecule has 1 heterocycles. The molecule has 154 valence electrons. The summed E-state index contributed by atoms with van der Waals surface area (Å²) in [7, 11) is 0. The second kappa shape index (κ2) is 13.7. The largest absolute Gasteiger partial charge is 0.396 e. The molecule has 3 N–H and O–H groups in total. The van der Waals surface area contributed by atoms with Gasteiger partial charge in [0.15, 0.2) is 0 Å². The first-order chi connectivity index (χ1) is 13.7. The Bertz CT molecular complexity index is 664. The molecule has 0 unspecified atom stereocenters. The summed E-state index contributed by atoms with van der Waals surface area (Å²) in [4.78, 5) is 4.28. The molecule has 1 aromatic heterocycles. The molecule has 0 aliphatic carbocycles. The van der Waals surface area contributed by atoms with Crippen LogP contribution in [0.15, 0.2) is 36.5 Å². The second-order valence-corrected chi connectivity index (χ2v) is 7.38. The number of hydrogen-bond acceptors (Lipinski definition) is 5. The van der Waals surface area contributed by atoms with Crippen molar-refractivity contribution in [1.82, 2.24) is 10.3 Å². The second-order valence-electron chi connectivity index (χ2n) is 6.56. The van der Waals surface area contributed by atoms with E-state index in [1.165, 1.54) is 12.8 Å². The topological polar surface area (TPSA) is 69.4 Å². The first-order valence-electron chi connectivity index (χ1n) is 9.66. The summed E-state index contributed by atoms with van der Waals surface area (Å²) in [6, 6.07) is 9.52. The zero-order valence-corrected chi connectivity index (χ0v) is 17.6. The van der Waals surface area contributed by atoms with Crippen LogP contribution in [0.3, 0.4) is 0 Å². The Morgan fingerprint density at radius 1 is 0.964 bits per heavy atom. The van der Waals surface area contributed by atoms with Crippen molar-refractivity contribution in [3.05, 3.63) is 57.8 Å². The average Bonchev–Trinajstić information content (AvgIpc) is 2.70. The Kier molecular flexibility index (Phi) is 11.3. The van der Waals surface area contributed by atoms with Gasteiger partial charge in [0.1, 0.15) is 0 Å². The first-order valence-corrected chi connectivity index (χ1v) is 10.4. The summed E-state index contributed by atoms with van der Waals surface area (Å²) in [5.74, 6) is 0. The number of ether oxygens (including phenoxy) is 2. The van der Waals surface area contributed by atoms with E-state index in [4.69, 9.17) is 38.4 Å². The predicted octanol–water partition coefficient (Wildman–Crippen LogP) is 4.85. The van der Waals surface area contributed by atoms with Gasteiger partial charge in [0.2, 0.25) is 0 Å². The fraction of sp³-hybridized carbons (Fsp3) is 0.476. The monoisotopic (exact) mass is 425 g/mol. The number of benzene rings is 1. The van der Waals surface area contributed by atoms with Crippen molar-refractivity contribution >= 4 is 28.9 Å². The lowest BCUT2D eigenvalue weighted by Crippen LogP contribution is -2.19. The lowest BCUT2D eigenvalue weighted by Gasteiger charge is -2.09. The number of nitrogens with two attached hydrogens (primary N) is 1. The van der Waals surface area contributed by atoms with Gasteiger partial charge in [-0.15, -0.1) is 0 Å². The van der Waals surface area contributed by atoms with Gasteiger partial charge in [-0.3, -0.25) is 10.3 Å². The molecule has 0 saturated heterocycles. The van der Waals surface area contributed by atoms with Gasteiger partial charge in [0, 0.05) is 24.9 Å². The highest BCUT2D eigenvalue weighted by atomic mass is 35.5. The number of aromatic nitrogens is 1. The highest BCUT2D eigenvalue weighted by Crippen LogP contribution is 2.28. The molecule has 5 nitrogen and oxygen atoms in total. The fourth-order valence-corrected chi connectivity index (χ4v) is 3.20. The van der Waals surface area contributed by atoms with Crippen LogP contribution < -0.4 is 11.1 Å². The number of hydrogen-bond donors (Lipinski definition) is 2. The lowest BCUT2D eigenvalue weighted by atomic mass is 10.2. The Morgan fingerprint density at radius 2 is 1.75 bits per heavy atom. The minimum absolute atomic E-state index is 0.406. The summed E-state index contributed by atoms with van der Waals surface area (Å²) in [6.07, 6.45) is 7.26. The number of rotatable bonds is 14. The molecular formula is C21H29Cl2N3O2. The van der Waals surface area contributed by atoms with E-state index < -0.39 is 0 Å². The molecule has 1 aromatic carbocycles. The molecule has 0 aliphatic heterocycles. The highest BCUT2D eigenvalue weighted by molar-refractivity contribution is 6.38. The average molecular weight is 426 g/mol. The van der Waals surface area contributed by atoms with Crippen LogP contribution in [0.2, 0.25) is 10.0 Å². The van der Waals surface area contributed by atoms with Crippen LogP contribution in [0.1, 0.15) is 36.9 Å². The molecule has 0 bridgehead atoms. The fourth-order valence-electron chi connectivity index (χ4n) is 2.67. The van der Waals surface area contributed by atoms with Crippen LogP contribution in [-0.4, -0.2) is 31.5 Å². The first kappa shape index (κ1) is 22.9. The van der Waals surface area contributed by atoms with Crippen LogP contribution in [0, 0.1) is 0 Å². The molecule has 7 heteroatoms. The number of unbranched alkanes of at least 4 members (excludes halogenated alkanes) is 3. The van der Waals surface area contributed by atoms with Crippen LogP contribution in [0.5, 0.6) is 0 Å². The molecule has 0 radical (unpaired) electrons. The SMILES string of the molecule is Nc1c(Cl)cc(COCNCCCCCCOCCc2ccccn2)cc1Cl. The van der Waals surface area contributed by atoms with Gasteiger partial charge in [0.25, 0.3) is 0 Å². The number of halogens is 2. The third-order valence-electron chi connectivity index (χ3n) is 4.23. The van der Waals surface area contributed by atoms with Crippen LogP contribution in [-0.2, 0) is 22.5 Å². The van der Waals surface area contributed by atoms with Gasteiger partial charge in [-0.25, -0.2) is 0 Å². The van der Waals surface area contributed by atoms with E-state index in [0.29, 0.717) is 29.1 Å². The van der Waals surface area contributed by atoms with E-state index >= 15 is 0 Å². The predicted molar refractivity (Wildman–Crippen MR) is 116 cm³/mol. The van der Waals surface area contributed by atoms with Crippen molar-refractivity contribution in [1.29, 1.82) is 0 Å². The van der Waals surface area contributed by atoms with Gasteiger partial charge in [0.05, 0.1) is 35.7 Å². The van der Waals surface area contributed by atoms with Crippen molar-refractivity contribution in [2.75, 3.05) is 32.2 Å². The number of nitrogen functional groups attached to an aromatic ring is 1. The molecule has 2 rings (SSSR count). The Hall–Kier alpha value is -1.37. The normalized spacial score (nSPS) is 11.1. The van der Waals surface area contributed by atoms with Crippen molar-refractivity contribution in [3.63, 3.8) is 0 Å². The summed E-state index contributed by atoms with van der Waals surface area (Å²) < 4.78 is 11.2. The molecule has 0 fully saturated rings. The highest BCUT2D eigenvalue weighted by Gasteiger charge is 2.04. The minimum atomic E-state index is 0.406. The van der Waals surface area contributed by atoms with E-state index in [2.05, 4.69) is 10.3 Å². The van der Waals surface area contributed by atoms with Crippen LogP contribution >= 0.6 is 23.2 Å². The summed E-state index contributed by atoms with van der Waals surface area (Å²) in [5, 5.41) is 4.19. The molecule has 0 spiro atoms. The van der Waals surface area contributed by atoms with E-state index in [0.717, 1.165) is 50.3 Å². The standard InChI is InChI=1S/C21H29Cl2N3O2/c22-19-13-17(14-20(23)21(19)24)15-28-16-25-9-4-1-2-6-11-27-12-8-18-7-3-5-10-26-18/h3,5,7,10,13-14,25H,1-2,4,6,8-9,11-12,15-16,24H2. The van der Waals surface area contributed by atoms with Gasteiger partial charge in [-0.1, -0.05) is 42.1 Å². The summed E-state index contributed by atoms with van der Waals surface area (Å²) >= 11 is 12.0. The Labute approximate surface area is 177 Å². The van der Waals surface area contributed by atoms with Crippen molar-refractivity contribution in [3.8, 4) is 0 Å². The van der Waals surface area contributed by atoms with Crippen molar-refractivity contribution in [2.45, 2.75) is 38.7 Å². The van der Waals surface area contributed by atoms with Gasteiger partial charge >= 0.3 is 0 Å². The third-order valence-corrected chi connectivity index (χ3v) is 4.86. The molecule has 2 aromatic rings. The quantitative estimate of drug-likeness (QED) is 0.257. The molecular weight excluding hydrogens is 397 g/mol. The molecule has 0 aliphatic rings. The van der Waals surface area contributed by atoms with E-state index in [-0.39, 0.29) is 0 Å². The Morgan fingerprint density at radius 3 is 2.50 bits per heavy atom. The molecule has 0 saturated carbocycles. The van der Waals surface area contributed by atoms with E-state index in [1.807, 2.05) is 24.4 Å². The van der Waals surface area contributed by atoms with Crippen LogP contribution in [0.4, 0.5) is 5.69 Å². The number of nitrogens with one attached hydrogen (secondary N) is 1. The zero-order valence-electron chi connectivity index (χ0n) is 16.1. The van der Waals surface area contributed by atoms with Gasteiger partial charge in [-0.2, -0.15) is 0 Å². The van der Waals surface area contributed by atoms with Crippen molar-refractivity contribution in [2.24, 2.45) is 0 Å². The Balaban J connectivity index is 1.37. The molecule has 0 amide bonds. The summed E-state index contributed by atoms with van der Waals surface area (Å²) in [6.45, 7) is 3.43. The number of pyridine rings is 1. The number of anilines is 1. The maximum atomic E-state index is 6.01. The number of nitrogens with zero attached hydrogens (tertiary/aromatic N) is 1. The van der Waals surface area contributed by atoms with E-state index in [1.54, 1.807) is 12.1 Å². The van der Waals surface area contributed by atoms with E-state index in [9.17, 15) is 0 Å². The van der Waals surface area contributed by atoms with Gasteiger partial charge < -0.3 is 15.2 Å². The maximum Gasteiger partial charge on any atom is 0.0969 e. The van der Waals surface area contributed by atoms with Gasteiger partial charge in [-0.05, 0) is 49.2 Å². The van der Waals surface area contributed by atoms with Crippen LogP contribution in [0.25, 0.3) is 0 Å². The minimum Gasteiger partial charge on any atom is -0.396 e. The molecule has 28 heavy (non-hydrogen) atoms. The lowest BCUT2D eigenvalue weighted by molar-refractivity contribution is 0.103. The zero-order chi connectivity index (χ0) is 20.0. The van der Waals surface area contributed by atoms with Crippen molar-refractivity contribution < 1.29 is 9.47 Å². The maximum absolute atomic E-state index is 6.01. The summed E-state index contributed by atoms with van der Waals surface area (Å²) in [5.41, 5.74) is 8.11.